The number of methoxy groups -OCH3 is 1. The van der Waals surface area contributed by atoms with E-state index in [0.717, 1.165) is 19.3 Å². The van der Waals surface area contributed by atoms with Gasteiger partial charge < -0.3 is 28.6 Å². The molecule has 0 spiro atoms. The summed E-state index contributed by atoms with van der Waals surface area (Å²) < 4.78 is 55.7. The van der Waals surface area contributed by atoms with E-state index in [1.54, 1.807) is 31.3 Å². The highest BCUT2D eigenvalue weighted by Gasteiger charge is 2.46. The minimum absolute atomic E-state index is 0.00784. The maximum atomic E-state index is 17.2. The van der Waals surface area contributed by atoms with E-state index >= 15 is 8.78 Å². The number of halogens is 2. The van der Waals surface area contributed by atoms with Crippen LogP contribution in [0.3, 0.4) is 0 Å². The Labute approximate surface area is 300 Å². The summed E-state index contributed by atoms with van der Waals surface area (Å²) in [6, 6.07) is 6.57. The van der Waals surface area contributed by atoms with E-state index in [4.69, 9.17) is 28.6 Å². The fourth-order valence-corrected chi connectivity index (χ4v) is 7.71. The predicted molar refractivity (Wildman–Crippen MR) is 199 cm³/mol. The molecule has 276 valence electrons. The van der Waals surface area contributed by atoms with Crippen LogP contribution in [-0.2, 0) is 26.7 Å². The van der Waals surface area contributed by atoms with Gasteiger partial charge in [-0.3, -0.25) is 4.98 Å². The molecular formula is C39H52F2N4O5Si. The zero-order valence-corrected chi connectivity index (χ0v) is 32.3. The molecule has 2 aromatic heterocycles. The topological polar surface area (TPSA) is 99.1 Å². The number of hydrogen-bond acceptors (Lipinski definition) is 9. The van der Waals surface area contributed by atoms with Crippen LogP contribution in [0.15, 0.2) is 30.5 Å². The van der Waals surface area contributed by atoms with Gasteiger partial charge in [-0.1, -0.05) is 33.8 Å². The number of ether oxygens (including phenoxy) is 3. The van der Waals surface area contributed by atoms with Gasteiger partial charge in [-0.2, -0.15) is 0 Å². The minimum atomic E-state index is -1.93. The maximum Gasteiger partial charge on any atom is 0.192 e. The molecule has 1 unspecified atom stereocenters. The molecule has 2 aromatic carbocycles. The van der Waals surface area contributed by atoms with Crippen molar-refractivity contribution in [3.8, 4) is 17.0 Å². The molecule has 51 heavy (non-hydrogen) atoms. The Morgan fingerprint density at radius 2 is 1.88 bits per heavy atom. The van der Waals surface area contributed by atoms with E-state index in [0.29, 0.717) is 77.3 Å². The Kier molecular flexibility index (Phi) is 10.5. The number of β-amino-alcohol motifs (C(OH)–C–C–N with tert-alkyl or cyclic N) is 1. The predicted octanol–water partition coefficient (Wildman–Crippen LogP) is 7.99. The largest absolute Gasteiger partial charge is 0.468 e. The van der Waals surface area contributed by atoms with Crippen molar-refractivity contribution in [1.82, 2.24) is 15.0 Å². The lowest BCUT2D eigenvalue weighted by Gasteiger charge is -2.37. The summed E-state index contributed by atoms with van der Waals surface area (Å²) in [7, 11) is -0.405. The molecule has 1 saturated carbocycles. The highest BCUT2D eigenvalue weighted by Crippen LogP contribution is 2.51. The monoisotopic (exact) mass is 722 g/mol. The van der Waals surface area contributed by atoms with E-state index in [1.807, 2.05) is 11.8 Å². The third kappa shape index (κ3) is 7.90. The first kappa shape index (κ1) is 37.5. The smallest absolute Gasteiger partial charge is 0.192 e. The molecule has 1 saturated heterocycles. The first-order valence-corrected chi connectivity index (χ1v) is 20.9. The molecule has 2 fully saturated rings. The lowest BCUT2D eigenvalue weighted by Crippen LogP contribution is -2.42. The quantitative estimate of drug-likeness (QED) is 0.115. The third-order valence-electron chi connectivity index (χ3n) is 10.9. The molecule has 4 aromatic rings. The van der Waals surface area contributed by atoms with Gasteiger partial charge in [-0.25, -0.2) is 18.7 Å². The fraction of sp³-hybridized carbons (Fsp3) is 0.564. The van der Waals surface area contributed by atoms with Crippen molar-refractivity contribution >= 4 is 35.8 Å². The van der Waals surface area contributed by atoms with Gasteiger partial charge in [-0.05, 0) is 90.7 Å². The van der Waals surface area contributed by atoms with Gasteiger partial charge in [0.25, 0.3) is 0 Å². The van der Waals surface area contributed by atoms with Crippen molar-refractivity contribution in [3.63, 3.8) is 0 Å². The molecule has 6 rings (SSSR count). The molecular weight excluding hydrogens is 671 g/mol. The summed E-state index contributed by atoms with van der Waals surface area (Å²) in [6.07, 6.45) is 5.48. The molecule has 0 amide bonds. The molecule has 1 atom stereocenters. The number of anilines is 1. The highest BCUT2D eigenvalue weighted by atomic mass is 28.4. The second-order valence-corrected chi connectivity index (χ2v) is 21.0. The van der Waals surface area contributed by atoms with Gasteiger partial charge in [0.15, 0.2) is 20.9 Å². The van der Waals surface area contributed by atoms with Crippen LogP contribution in [0.2, 0.25) is 18.1 Å². The van der Waals surface area contributed by atoms with Crippen LogP contribution in [0.5, 0.6) is 5.75 Å². The number of hydrogen-bond donors (Lipinski definition) is 1. The van der Waals surface area contributed by atoms with Crippen LogP contribution in [0.25, 0.3) is 32.9 Å². The van der Waals surface area contributed by atoms with E-state index in [9.17, 15) is 5.11 Å². The van der Waals surface area contributed by atoms with Crippen molar-refractivity contribution in [2.45, 2.75) is 90.5 Å². The molecule has 1 N–H and O–H groups in total. The first-order valence-electron chi connectivity index (χ1n) is 18.0. The SMILES string of the molecule is CCc1c(F)ccc2cc(OCOC)cc(-c3ncc4c(N5CCOCC(C)(O)C5)nc(CCC5(CO[Si](C)(C)C(C)(C)C)CC5)nc4c3F)c12. The van der Waals surface area contributed by atoms with Crippen molar-refractivity contribution in [1.29, 1.82) is 0 Å². The molecule has 1 aliphatic heterocycles. The zero-order valence-electron chi connectivity index (χ0n) is 31.3. The van der Waals surface area contributed by atoms with Crippen molar-refractivity contribution in [2.24, 2.45) is 5.41 Å². The maximum absolute atomic E-state index is 17.2. The van der Waals surface area contributed by atoms with Crippen LogP contribution < -0.4 is 9.64 Å². The number of benzene rings is 2. The number of nitrogens with zero attached hydrogens (tertiary/aromatic N) is 4. The van der Waals surface area contributed by atoms with Crippen molar-refractivity contribution < 1.29 is 32.5 Å². The van der Waals surface area contributed by atoms with Gasteiger partial charge in [0, 0.05) is 38.4 Å². The first-order chi connectivity index (χ1) is 24.1. The van der Waals surface area contributed by atoms with Gasteiger partial charge in [0.05, 0.1) is 25.1 Å². The molecule has 2 aliphatic rings. The van der Waals surface area contributed by atoms with Gasteiger partial charge >= 0.3 is 0 Å². The van der Waals surface area contributed by atoms with Gasteiger partial charge in [0.1, 0.15) is 40.0 Å². The van der Waals surface area contributed by atoms with Gasteiger partial charge in [0.2, 0.25) is 0 Å². The Bertz CT molecular complexity index is 1910. The standard InChI is InChI=1S/C39H52F2N4O5Si/c1-9-27-30(40)11-10-25-18-26(49-24-47-6)19-28(32(25)27)34-33(41)35-29(20-42-34)36(45-16-17-48-22-38(5,46)21-45)44-31(43-35)12-13-39(14-15-39)23-50-51(7,8)37(2,3)4/h10-11,18-20,46H,9,12-17,21-24H2,1-8H3. The fourth-order valence-electron chi connectivity index (χ4n) is 6.61. The van der Waals surface area contributed by atoms with E-state index in [-0.39, 0.29) is 47.4 Å². The Balaban J connectivity index is 1.46. The summed E-state index contributed by atoms with van der Waals surface area (Å²) in [5.41, 5.74) is -0.0502. The van der Waals surface area contributed by atoms with Crippen LogP contribution in [-0.4, -0.2) is 80.8 Å². The number of pyridine rings is 1. The summed E-state index contributed by atoms with van der Waals surface area (Å²) in [6.45, 7) is 16.8. The number of aliphatic hydroxyl groups is 1. The lowest BCUT2D eigenvalue weighted by molar-refractivity contribution is -0.0123. The molecule has 0 bridgehead atoms. The van der Waals surface area contributed by atoms with Crippen LogP contribution in [0.1, 0.15) is 65.3 Å². The average molecular weight is 723 g/mol. The molecule has 12 heteroatoms. The van der Waals surface area contributed by atoms with Crippen LogP contribution in [0.4, 0.5) is 14.6 Å². The number of fused-ring (bicyclic) bond motifs is 2. The number of rotatable bonds is 12. The highest BCUT2D eigenvalue weighted by molar-refractivity contribution is 6.74. The van der Waals surface area contributed by atoms with E-state index in [2.05, 4.69) is 38.8 Å². The minimum Gasteiger partial charge on any atom is -0.468 e. The zero-order chi connectivity index (χ0) is 36.8. The molecule has 3 heterocycles. The van der Waals surface area contributed by atoms with Crippen molar-refractivity contribution in [2.75, 3.05) is 51.7 Å². The second kappa shape index (κ2) is 14.3. The van der Waals surface area contributed by atoms with Crippen LogP contribution >= 0.6 is 0 Å². The van der Waals surface area contributed by atoms with Crippen molar-refractivity contribution in [3.05, 3.63) is 53.5 Å². The summed E-state index contributed by atoms with van der Waals surface area (Å²) in [4.78, 5) is 16.5. The van der Waals surface area contributed by atoms with E-state index in [1.165, 1.54) is 13.2 Å². The summed E-state index contributed by atoms with van der Waals surface area (Å²) in [5.74, 6) is 0.462. The normalized spacial score (nSPS) is 19.5. The van der Waals surface area contributed by atoms with E-state index < -0.39 is 19.7 Å². The molecule has 9 nitrogen and oxygen atoms in total. The average Bonchev–Trinajstić information content (AvgIpc) is 3.88. The second-order valence-electron chi connectivity index (χ2n) is 16.2. The third-order valence-corrected chi connectivity index (χ3v) is 15.4. The number of aromatic nitrogens is 3. The number of aryl methyl sites for hydroxylation is 2. The summed E-state index contributed by atoms with van der Waals surface area (Å²) >= 11 is 0. The molecule has 0 radical (unpaired) electrons. The summed E-state index contributed by atoms with van der Waals surface area (Å²) in [5, 5.41) is 12.9. The van der Waals surface area contributed by atoms with Gasteiger partial charge in [-0.15, -0.1) is 0 Å². The molecule has 1 aliphatic carbocycles. The Hall–Kier alpha value is -3.29. The lowest BCUT2D eigenvalue weighted by atomic mass is 9.94. The Morgan fingerprint density at radius 3 is 2.57 bits per heavy atom. The Morgan fingerprint density at radius 1 is 1.12 bits per heavy atom. The van der Waals surface area contributed by atoms with Crippen LogP contribution in [0, 0.1) is 17.0 Å².